The van der Waals surface area contributed by atoms with E-state index in [0.29, 0.717) is 11.8 Å². The van der Waals surface area contributed by atoms with E-state index >= 15 is 0 Å². The molecule has 3 rings (SSSR count). The van der Waals surface area contributed by atoms with Crippen LogP contribution >= 0.6 is 11.5 Å². The Labute approximate surface area is 124 Å². The first-order chi connectivity index (χ1) is 9.72. The number of benzene rings is 1. The van der Waals surface area contributed by atoms with Crippen LogP contribution in [0.4, 0.5) is 5.13 Å². The van der Waals surface area contributed by atoms with E-state index in [9.17, 15) is 0 Å². The van der Waals surface area contributed by atoms with Gasteiger partial charge in [0.2, 0.25) is 5.13 Å². The molecule has 1 heterocycles. The SMILES string of the molecule is CC(C)CNc1nc(C2CCc3ccccc3C2)ns1. The van der Waals surface area contributed by atoms with Crippen molar-refractivity contribution in [1.29, 1.82) is 0 Å². The standard InChI is InChI=1S/C16H21N3S/c1-11(2)10-17-16-18-15(19-20-16)14-8-7-12-5-3-4-6-13(12)9-14/h3-6,11,14H,7-10H2,1-2H3,(H,17,18,19). The molecule has 0 saturated carbocycles. The van der Waals surface area contributed by atoms with Crippen LogP contribution in [0.25, 0.3) is 0 Å². The van der Waals surface area contributed by atoms with Gasteiger partial charge in [-0.25, -0.2) is 4.98 Å². The molecule has 1 unspecified atom stereocenters. The van der Waals surface area contributed by atoms with Crippen molar-refractivity contribution in [2.75, 3.05) is 11.9 Å². The van der Waals surface area contributed by atoms with Gasteiger partial charge in [-0.2, -0.15) is 4.37 Å². The average Bonchev–Trinajstić information content (AvgIpc) is 2.93. The third-order valence-corrected chi connectivity index (χ3v) is 4.50. The minimum absolute atomic E-state index is 0.482. The lowest BCUT2D eigenvalue weighted by Gasteiger charge is -2.22. The van der Waals surface area contributed by atoms with Crippen LogP contribution in [0.3, 0.4) is 0 Å². The molecule has 20 heavy (non-hydrogen) atoms. The number of fused-ring (bicyclic) bond motifs is 1. The van der Waals surface area contributed by atoms with Gasteiger partial charge in [-0.1, -0.05) is 38.1 Å². The van der Waals surface area contributed by atoms with Gasteiger partial charge in [0, 0.05) is 24.0 Å². The fraction of sp³-hybridized carbons (Fsp3) is 0.500. The van der Waals surface area contributed by atoms with E-state index < -0.39 is 0 Å². The molecular weight excluding hydrogens is 266 g/mol. The maximum absolute atomic E-state index is 4.68. The Bertz CT molecular complexity index is 577. The first-order valence-corrected chi connectivity index (χ1v) is 8.14. The number of nitrogens with one attached hydrogen (secondary N) is 1. The molecule has 1 aromatic carbocycles. The number of anilines is 1. The van der Waals surface area contributed by atoms with Gasteiger partial charge in [-0.15, -0.1) is 0 Å². The fourth-order valence-electron chi connectivity index (χ4n) is 2.68. The number of nitrogens with zero attached hydrogens (tertiary/aromatic N) is 2. The van der Waals surface area contributed by atoms with Gasteiger partial charge in [0.05, 0.1) is 0 Å². The summed E-state index contributed by atoms with van der Waals surface area (Å²) in [6, 6.07) is 8.75. The molecular formula is C16H21N3S. The van der Waals surface area contributed by atoms with Gasteiger partial charge in [0.25, 0.3) is 0 Å². The van der Waals surface area contributed by atoms with Crippen molar-refractivity contribution in [2.24, 2.45) is 5.92 Å². The van der Waals surface area contributed by atoms with Crippen molar-refractivity contribution >= 4 is 16.7 Å². The highest BCUT2D eigenvalue weighted by Crippen LogP contribution is 2.32. The zero-order valence-corrected chi connectivity index (χ0v) is 12.9. The van der Waals surface area contributed by atoms with E-state index in [1.165, 1.54) is 22.7 Å². The predicted molar refractivity (Wildman–Crippen MR) is 84.4 cm³/mol. The average molecular weight is 287 g/mol. The molecule has 1 aliphatic carbocycles. The van der Waals surface area contributed by atoms with Gasteiger partial charge in [0.1, 0.15) is 5.82 Å². The molecule has 4 heteroatoms. The third-order valence-electron chi connectivity index (χ3n) is 3.82. The zero-order valence-electron chi connectivity index (χ0n) is 12.1. The summed E-state index contributed by atoms with van der Waals surface area (Å²) < 4.78 is 4.56. The molecule has 1 aliphatic rings. The number of rotatable bonds is 4. The summed E-state index contributed by atoms with van der Waals surface area (Å²) >= 11 is 1.49. The van der Waals surface area contributed by atoms with Gasteiger partial charge in [-0.3, -0.25) is 0 Å². The smallest absolute Gasteiger partial charge is 0.202 e. The highest BCUT2D eigenvalue weighted by atomic mass is 32.1. The van der Waals surface area contributed by atoms with Gasteiger partial charge in [0.15, 0.2) is 0 Å². The Hall–Kier alpha value is -1.42. The van der Waals surface area contributed by atoms with E-state index in [-0.39, 0.29) is 0 Å². The van der Waals surface area contributed by atoms with E-state index in [1.807, 2.05) is 0 Å². The van der Waals surface area contributed by atoms with Gasteiger partial charge in [-0.05, 0) is 36.3 Å². The number of aromatic nitrogens is 2. The van der Waals surface area contributed by atoms with Crippen LogP contribution in [0.5, 0.6) is 0 Å². The Morgan fingerprint density at radius 2 is 2.10 bits per heavy atom. The van der Waals surface area contributed by atoms with Crippen LogP contribution in [0.15, 0.2) is 24.3 Å². The van der Waals surface area contributed by atoms with Crippen LogP contribution in [0.2, 0.25) is 0 Å². The van der Waals surface area contributed by atoms with Gasteiger partial charge >= 0.3 is 0 Å². The first-order valence-electron chi connectivity index (χ1n) is 7.36. The van der Waals surface area contributed by atoms with Crippen molar-refractivity contribution in [3.05, 3.63) is 41.2 Å². The van der Waals surface area contributed by atoms with Crippen LogP contribution in [-0.4, -0.2) is 15.9 Å². The molecule has 0 amide bonds. The molecule has 0 radical (unpaired) electrons. The summed E-state index contributed by atoms with van der Waals surface area (Å²) in [5.74, 6) is 2.13. The van der Waals surface area contributed by atoms with E-state index in [1.54, 1.807) is 0 Å². The molecule has 0 aliphatic heterocycles. The molecule has 2 aromatic rings. The number of hydrogen-bond acceptors (Lipinski definition) is 4. The lowest BCUT2D eigenvalue weighted by molar-refractivity contribution is 0.561. The molecule has 1 N–H and O–H groups in total. The summed E-state index contributed by atoms with van der Waals surface area (Å²) in [5.41, 5.74) is 2.97. The molecule has 1 aromatic heterocycles. The Morgan fingerprint density at radius 3 is 2.90 bits per heavy atom. The number of aryl methyl sites for hydroxylation is 1. The molecule has 0 bridgehead atoms. The summed E-state index contributed by atoms with van der Waals surface area (Å²) in [6.07, 6.45) is 3.39. The fourth-order valence-corrected chi connectivity index (χ4v) is 3.33. The quantitative estimate of drug-likeness (QED) is 0.927. The summed E-state index contributed by atoms with van der Waals surface area (Å²) in [4.78, 5) is 4.68. The summed E-state index contributed by atoms with van der Waals surface area (Å²) in [6.45, 7) is 5.36. The molecule has 0 fully saturated rings. The second-order valence-electron chi connectivity index (χ2n) is 5.94. The molecule has 1 atom stereocenters. The van der Waals surface area contributed by atoms with Crippen molar-refractivity contribution in [2.45, 2.75) is 39.0 Å². The normalized spacial score (nSPS) is 18.1. The minimum atomic E-state index is 0.482. The number of hydrogen-bond donors (Lipinski definition) is 1. The van der Waals surface area contributed by atoms with Gasteiger partial charge < -0.3 is 5.32 Å². The van der Waals surface area contributed by atoms with Crippen LogP contribution in [-0.2, 0) is 12.8 Å². The highest BCUT2D eigenvalue weighted by Gasteiger charge is 2.23. The van der Waals surface area contributed by atoms with Crippen molar-refractivity contribution in [3.8, 4) is 0 Å². The van der Waals surface area contributed by atoms with Crippen LogP contribution in [0.1, 0.15) is 43.1 Å². The maximum atomic E-state index is 4.68. The maximum Gasteiger partial charge on any atom is 0.202 e. The Morgan fingerprint density at radius 1 is 1.30 bits per heavy atom. The third kappa shape index (κ3) is 3.01. The summed E-state index contributed by atoms with van der Waals surface area (Å²) in [5, 5.41) is 4.33. The van der Waals surface area contributed by atoms with E-state index in [0.717, 1.165) is 36.8 Å². The topological polar surface area (TPSA) is 37.8 Å². The monoisotopic (exact) mass is 287 g/mol. The largest absolute Gasteiger partial charge is 0.360 e. The van der Waals surface area contributed by atoms with Crippen molar-refractivity contribution in [3.63, 3.8) is 0 Å². The molecule has 106 valence electrons. The lowest BCUT2D eigenvalue weighted by atomic mass is 9.83. The predicted octanol–water partition coefficient (Wildman–Crippen LogP) is 3.88. The molecule has 3 nitrogen and oxygen atoms in total. The second kappa shape index (κ2) is 5.92. The van der Waals surface area contributed by atoms with E-state index in [4.69, 9.17) is 0 Å². The summed E-state index contributed by atoms with van der Waals surface area (Å²) in [7, 11) is 0. The minimum Gasteiger partial charge on any atom is -0.360 e. The van der Waals surface area contributed by atoms with Crippen molar-refractivity contribution in [1.82, 2.24) is 9.36 Å². The van der Waals surface area contributed by atoms with Crippen LogP contribution < -0.4 is 5.32 Å². The highest BCUT2D eigenvalue weighted by molar-refractivity contribution is 7.09. The van der Waals surface area contributed by atoms with E-state index in [2.05, 4.69) is 52.8 Å². The Balaban J connectivity index is 1.69. The van der Waals surface area contributed by atoms with Crippen LogP contribution in [0, 0.1) is 5.92 Å². The second-order valence-corrected chi connectivity index (χ2v) is 6.69. The molecule has 0 spiro atoms. The lowest BCUT2D eigenvalue weighted by Crippen LogP contribution is -2.14. The first kappa shape index (κ1) is 13.6. The van der Waals surface area contributed by atoms with Crippen molar-refractivity contribution < 1.29 is 0 Å². The molecule has 0 saturated heterocycles. The zero-order chi connectivity index (χ0) is 13.9. The Kier molecular flexibility index (Phi) is 4.01.